The molecule has 0 radical (unpaired) electrons. The Hall–Kier alpha value is -2.41. The second-order valence-corrected chi connectivity index (χ2v) is 10.2. The van der Waals surface area contributed by atoms with Gasteiger partial charge in [0.15, 0.2) is 0 Å². The Morgan fingerprint density at radius 3 is 2.57 bits per heavy atom. The summed E-state index contributed by atoms with van der Waals surface area (Å²) in [5.74, 6) is 1.11. The number of halogens is 1. The van der Waals surface area contributed by atoms with E-state index < -0.39 is 0 Å². The van der Waals surface area contributed by atoms with Gasteiger partial charge in [0.1, 0.15) is 12.4 Å². The molecule has 0 spiro atoms. The lowest BCUT2D eigenvalue weighted by atomic mass is 10.0. The maximum Gasteiger partial charge on any atom is 0.318 e. The van der Waals surface area contributed by atoms with Gasteiger partial charge in [0.25, 0.3) is 0 Å². The summed E-state index contributed by atoms with van der Waals surface area (Å²) in [6.45, 7) is 6.66. The summed E-state index contributed by atoms with van der Waals surface area (Å²) in [7, 11) is 2.19. The van der Waals surface area contributed by atoms with Crippen LogP contribution in [-0.4, -0.2) is 59.1 Å². The number of fused-ring (bicyclic) bond motifs is 2. The molecule has 2 fully saturated rings. The zero-order valence-electron chi connectivity index (χ0n) is 20.7. The minimum absolute atomic E-state index is 0. The third kappa shape index (κ3) is 5.11. The number of aromatic nitrogens is 2. The third-order valence-corrected chi connectivity index (χ3v) is 7.81. The Bertz CT molecular complexity index is 1160. The first-order chi connectivity index (χ1) is 16.7. The highest BCUT2D eigenvalue weighted by molar-refractivity contribution is 5.86. The Labute approximate surface area is 214 Å². The van der Waals surface area contributed by atoms with E-state index in [-0.39, 0.29) is 12.4 Å². The van der Waals surface area contributed by atoms with Crippen LogP contribution in [0.15, 0.2) is 42.5 Å². The first kappa shape index (κ1) is 24.3. The molecule has 1 atom stereocenters. The van der Waals surface area contributed by atoms with Crippen LogP contribution in [0.4, 0.5) is 5.82 Å². The molecule has 6 rings (SSSR count). The fourth-order valence-corrected chi connectivity index (χ4v) is 5.85. The second-order valence-electron chi connectivity index (χ2n) is 10.2. The number of nitrogens with zero attached hydrogens (tertiary/aromatic N) is 5. The quantitative estimate of drug-likeness (QED) is 0.480. The van der Waals surface area contributed by atoms with Gasteiger partial charge in [-0.2, -0.15) is 9.97 Å². The van der Waals surface area contributed by atoms with E-state index in [9.17, 15) is 0 Å². The van der Waals surface area contributed by atoms with E-state index in [1.807, 2.05) is 0 Å². The van der Waals surface area contributed by atoms with E-state index in [1.165, 1.54) is 54.0 Å². The number of piperidine rings is 1. The van der Waals surface area contributed by atoms with Crippen LogP contribution in [0.3, 0.4) is 0 Å². The van der Waals surface area contributed by atoms with Crippen molar-refractivity contribution in [2.75, 3.05) is 38.2 Å². The molecule has 0 bridgehead atoms. The van der Waals surface area contributed by atoms with Gasteiger partial charge in [-0.05, 0) is 62.0 Å². The van der Waals surface area contributed by atoms with Crippen LogP contribution in [0, 0.1) is 0 Å². The van der Waals surface area contributed by atoms with Crippen LogP contribution in [0.5, 0.6) is 6.01 Å². The van der Waals surface area contributed by atoms with Crippen LogP contribution in [0.25, 0.3) is 10.8 Å². The first-order valence-corrected chi connectivity index (χ1v) is 12.9. The van der Waals surface area contributed by atoms with Crippen LogP contribution >= 0.6 is 12.4 Å². The lowest BCUT2D eigenvalue weighted by Crippen LogP contribution is -2.32. The maximum absolute atomic E-state index is 6.22. The number of hydrogen-bond donors (Lipinski definition) is 0. The van der Waals surface area contributed by atoms with E-state index in [1.54, 1.807) is 0 Å². The number of anilines is 1. The van der Waals surface area contributed by atoms with Crippen LogP contribution < -0.4 is 9.64 Å². The summed E-state index contributed by atoms with van der Waals surface area (Å²) < 4.78 is 6.22. The summed E-state index contributed by atoms with van der Waals surface area (Å²) >= 11 is 0. The third-order valence-electron chi connectivity index (χ3n) is 7.81. The normalized spacial score (nSPS) is 20.7. The van der Waals surface area contributed by atoms with Gasteiger partial charge in [-0.15, -0.1) is 12.4 Å². The van der Waals surface area contributed by atoms with Crippen LogP contribution in [-0.2, 0) is 19.6 Å². The molecule has 0 amide bonds. The largest absolute Gasteiger partial charge is 0.462 e. The number of benzene rings is 2. The van der Waals surface area contributed by atoms with Gasteiger partial charge in [-0.3, -0.25) is 4.90 Å². The first-order valence-electron chi connectivity index (χ1n) is 12.9. The summed E-state index contributed by atoms with van der Waals surface area (Å²) in [6.07, 6.45) is 6.23. The van der Waals surface area contributed by atoms with Gasteiger partial charge in [-0.1, -0.05) is 42.5 Å². The molecule has 0 unspecified atom stereocenters. The zero-order chi connectivity index (χ0) is 22.9. The molecule has 0 saturated carbocycles. The summed E-state index contributed by atoms with van der Waals surface area (Å²) in [5.41, 5.74) is 3.82. The maximum atomic E-state index is 6.22. The number of ether oxygens (including phenoxy) is 1. The number of rotatable bonds is 6. The molecule has 0 N–H and O–H groups in total. The van der Waals surface area contributed by atoms with Crippen molar-refractivity contribution in [2.45, 2.75) is 57.8 Å². The summed E-state index contributed by atoms with van der Waals surface area (Å²) in [6, 6.07) is 16.3. The molecular formula is C28H36ClN5O. The fourth-order valence-electron chi connectivity index (χ4n) is 5.85. The van der Waals surface area contributed by atoms with Gasteiger partial charge < -0.3 is 14.5 Å². The number of hydrogen-bond acceptors (Lipinski definition) is 6. The monoisotopic (exact) mass is 493 g/mol. The molecule has 2 aromatic carbocycles. The molecule has 3 aliphatic heterocycles. The van der Waals surface area contributed by atoms with Crippen molar-refractivity contribution in [2.24, 2.45) is 0 Å². The molecule has 0 aliphatic carbocycles. The molecule has 4 heterocycles. The van der Waals surface area contributed by atoms with Gasteiger partial charge in [0.05, 0.1) is 5.69 Å². The molecule has 3 aliphatic rings. The zero-order valence-corrected chi connectivity index (χ0v) is 21.5. The topological polar surface area (TPSA) is 44.7 Å². The SMILES string of the molecule is CN1CCC[C@H]1COc1nc2c(c(N3CCCCC3)n1)CN(Cc1cccc3ccccc13)C2.Cl. The van der Waals surface area contributed by atoms with Crippen molar-refractivity contribution < 1.29 is 4.74 Å². The Balaban J connectivity index is 0.00000253. The van der Waals surface area contributed by atoms with Crippen molar-refractivity contribution in [3.63, 3.8) is 0 Å². The molecule has 2 saturated heterocycles. The summed E-state index contributed by atoms with van der Waals surface area (Å²) in [4.78, 5) is 17.3. The van der Waals surface area contributed by atoms with Gasteiger partial charge >= 0.3 is 6.01 Å². The molecule has 3 aromatic rings. The minimum atomic E-state index is 0. The average molecular weight is 494 g/mol. The highest BCUT2D eigenvalue weighted by atomic mass is 35.5. The van der Waals surface area contributed by atoms with Crippen molar-refractivity contribution in [3.05, 3.63) is 59.3 Å². The van der Waals surface area contributed by atoms with E-state index in [4.69, 9.17) is 14.7 Å². The van der Waals surface area contributed by atoms with E-state index >= 15 is 0 Å². The number of likely N-dealkylation sites (N-methyl/N-ethyl adjacent to an activating group) is 1. The molecule has 35 heavy (non-hydrogen) atoms. The minimum Gasteiger partial charge on any atom is -0.462 e. The van der Waals surface area contributed by atoms with Gasteiger partial charge in [0.2, 0.25) is 0 Å². The predicted octanol–water partition coefficient (Wildman–Crippen LogP) is 5.03. The van der Waals surface area contributed by atoms with Crippen LogP contribution in [0.1, 0.15) is 48.9 Å². The van der Waals surface area contributed by atoms with Crippen molar-refractivity contribution in [3.8, 4) is 6.01 Å². The van der Waals surface area contributed by atoms with E-state index in [2.05, 4.69) is 64.2 Å². The van der Waals surface area contributed by atoms with Crippen molar-refractivity contribution in [1.29, 1.82) is 0 Å². The lowest BCUT2D eigenvalue weighted by molar-refractivity contribution is 0.187. The molecular weight excluding hydrogens is 458 g/mol. The Morgan fingerprint density at radius 1 is 0.914 bits per heavy atom. The lowest BCUT2D eigenvalue weighted by Gasteiger charge is -2.29. The van der Waals surface area contributed by atoms with E-state index in [0.29, 0.717) is 18.7 Å². The number of likely N-dealkylation sites (tertiary alicyclic amines) is 1. The van der Waals surface area contributed by atoms with E-state index in [0.717, 1.165) is 50.8 Å². The molecule has 7 heteroatoms. The van der Waals surface area contributed by atoms with Crippen molar-refractivity contribution in [1.82, 2.24) is 19.8 Å². The van der Waals surface area contributed by atoms with Crippen molar-refractivity contribution >= 4 is 29.0 Å². The second kappa shape index (κ2) is 10.7. The standard InChI is InChI=1S/C28H35N5O.ClH/c1-31-14-8-12-23(31)20-34-28-29-26-19-32(17-22-11-7-10-21-9-3-4-13-24(21)22)18-25(26)27(30-28)33-15-5-2-6-16-33;/h3-4,7,9-11,13,23H,2,5-6,8,12,14-20H2,1H3;1H/t23-;/m0./s1. The Kier molecular flexibility index (Phi) is 7.42. The molecule has 186 valence electrons. The highest BCUT2D eigenvalue weighted by Gasteiger charge is 2.29. The Morgan fingerprint density at radius 2 is 1.74 bits per heavy atom. The van der Waals surface area contributed by atoms with Crippen LogP contribution in [0.2, 0.25) is 0 Å². The average Bonchev–Trinajstić information content (AvgIpc) is 3.48. The summed E-state index contributed by atoms with van der Waals surface area (Å²) in [5, 5.41) is 2.64. The fraction of sp³-hybridized carbons (Fsp3) is 0.500. The van der Waals surface area contributed by atoms with Gasteiger partial charge in [0, 0.05) is 44.3 Å². The molecule has 6 nitrogen and oxygen atoms in total. The highest BCUT2D eigenvalue weighted by Crippen LogP contribution is 2.34. The smallest absolute Gasteiger partial charge is 0.318 e. The molecule has 1 aromatic heterocycles. The predicted molar refractivity (Wildman–Crippen MR) is 143 cm³/mol. The van der Waals surface area contributed by atoms with Gasteiger partial charge in [-0.25, -0.2) is 0 Å².